The van der Waals surface area contributed by atoms with Crippen LogP contribution in [-0.4, -0.2) is 36.3 Å². The Labute approximate surface area is 205 Å². The molecule has 3 heterocycles. The van der Waals surface area contributed by atoms with Crippen LogP contribution in [0.5, 0.6) is 0 Å². The summed E-state index contributed by atoms with van der Waals surface area (Å²) in [5.41, 5.74) is 4.59. The molecular weight excluding hydrogens is 458 g/mol. The molecule has 35 heavy (non-hydrogen) atoms. The average Bonchev–Trinajstić information content (AvgIpc) is 3.28. The summed E-state index contributed by atoms with van der Waals surface area (Å²) in [6.45, 7) is 3.65. The van der Waals surface area contributed by atoms with E-state index in [0.717, 1.165) is 43.5 Å². The van der Waals surface area contributed by atoms with E-state index in [1.807, 2.05) is 80.6 Å². The van der Waals surface area contributed by atoms with E-state index >= 15 is 0 Å². The number of pyridine rings is 1. The highest BCUT2D eigenvalue weighted by Crippen LogP contribution is 2.33. The molecule has 2 aromatic carbocycles. The molecule has 9 heteroatoms. The van der Waals surface area contributed by atoms with Crippen molar-refractivity contribution in [1.29, 1.82) is 0 Å². The van der Waals surface area contributed by atoms with E-state index in [1.54, 1.807) is 12.3 Å². The molecule has 0 radical (unpaired) electrons. The topological polar surface area (TPSA) is 109 Å². The third-order valence-corrected chi connectivity index (χ3v) is 6.41. The number of amides is 1. The highest BCUT2D eigenvalue weighted by Gasteiger charge is 2.15. The number of aromatic nitrogens is 6. The second-order valence-corrected chi connectivity index (χ2v) is 8.88. The molecule has 0 fully saturated rings. The number of anilines is 1. The van der Waals surface area contributed by atoms with Gasteiger partial charge in [-0.15, -0.1) is 5.10 Å². The minimum Gasteiger partial charge on any atom is -0.289 e. The monoisotopic (exact) mass is 479 g/mol. The fraction of sp³-hybridized carbons (Fsp3) is 0.0769. The fourth-order valence-electron chi connectivity index (χ4n) is 3.40. The van der Waals surface area contributed by atoms with Crippen molar-refractivity contribution in [1.82, 2.24) is 30.4 Å². The molecule has 0 saturated carbocycles. The molecule has 0 aliphatic rings. The van der Waals surface area contributed by atoms with Crippen LogP contribution in [0.1, 0.15) is 33.1 Å². The van der Waals surface area contributed by atoms with Crippen LogP contribution in [0, 0.1) is 13.8 Å². The first-order valence-corrected chi connectivity index (χ1v) is 11.7. The lowest BCUT2D eigenvalue weighted by atomic mass is 10.2. The molecule has 0 spiro atoms. The number of hydrogen-bond acceptors (Lipinski definition) is 7. The number of nitrogens with zero attached hydrogens (tertiary/aromatic N) is 5. The highest BCUT2D eigenvalue weighted by molar-refractivity contribution is 7.99. The summed E-state index contributed by atoms with van der Waals surface area (Å²) in [5, 5.41) is 19.3. The number of carbonyl (C=O) groups excluding carboxylic acids is 1. The van der Waals surface area contributed by atoms with Gasteiger partial charge in [0, 0.05) is 21.4 Å². The largest absolute Gasteiger partial charge is 0.289 e. The zero-order valence-corrected chi connectivity index (χ0v) is 19.9. The van der Waals surface area contributed by atoms with Crippen LogP contribution in [-0.2, 0) is 0 Å². The van der Waals surface area contributed by atoms with Crippen LogP contribution in [0.4, 0.5) is 5.95 Å². The van der Waals surface area contributed by atoms with Gasteiger partial charge in [-0.05, 0) is 68.5 Å². The minimum absolute atomic E-state index is 0.183. The second kappa shape index (κ2) is 9.86. The van der Waals surface area contributed by atoms with Gasteiger partial charge in [0.1, 0.15) is 0 Å². The fourth-order valence-corrected chi connectivity index (χ4v) is 4.38. The van der Waals surface area contributed by atoms with Crippen LogP contribution in [0.15, 0.2) is 76.7 Å². The molecule has 0 aliphatic carbocycles. The number of carbonyl (C=O) groups is 1. The summed E-state index contributed by atoms with van der Waals surface area (Å²) in [7, 11) is 0. The van der Waals surface area contributed by atoms with Crippen LogP contribution in [0.25, 0.3) is 23.1 Å². The third kappa shape index (κ3) is 5.10. The predicted molar refractivity (Wildman–Crippen MR) is 137 cm³/mol. The zero-order valence-electron chi connectivity index (χ0n) is 19.1. The molecule has 0 bridgehead atoms. The van der Waals surface area contributed by atoms with Crippen LogP contribution >= 0.6 is 11.8 Å². The number of aryl methyl sites for hydroxylation is 2. The van der Waals surface area contributed by atoms with Gasteiger partial charge in [0.25, 0.3) is 5.91 Å². The summed E-state index contributed by atoms with van der Waals surface area (Å²) < 4.78 is 0. The van der Waals surface area contributed by atoms with E-state index in [4.69, 9.17) is 0 Å². The molecule has 0 unspecified atom stereocenters. The summed E-state index contributed by atoms with van der Waals surface area (Å²) >= 11 is 1.50. The lowest BCUT2D eigenvalue weighted by Gasteiger charge is -2.09. The van der Waals surface area contributed by atoms with E-state index in [0.29, 0.717) is 5.56 Å². The van der Waals surface area contributed by atoms with Gasteiger partial charge >= 0.3 is 0 Å². The quantitative estimate of drug-likeness (QED) is 0.339. The number of aromatic amines is 1. The Morgan fingerprint density at radius 1 is 0.971 bits per heavy atom. The summed E-state index contributed by atoms with van der Waals surface area (Å²) in [6, 6.07) is 19.3. The van der Waals surface area contributed by atoms with Gasteiger partial charge in [0.15, 0.2) is 0 Å². The molecule has 0 atom stereocenters. The van der Waals surface area contributed by atoms with E-state index in [-0.39, 0.29) is 11.9 Å². The molecule has 8 nitrogen and oxygen atoms in total. The maximum atomic E-state index is 13.0. The Morgan fingerprint density at radius 3 is 2.66 bits per heavy atom. The van der Waals surface area contributed by atoms with Gasteiger partial charge in [-0.3, -0.25) is 20.2 Å². The maximum Gasteiger partial charge on any atom is 0.259 e. The van der Waals surface area contributed by atoms with Crippen molar-refractivity contribution in [2.45, 2.75) is 23.6 Å². The number of fused-ring (bicyclic) bond motifs is 1. The van der Waals surface area contributed by atoms with Gasteiger partial charge in [0.05, 0.1) is 33.9 Å². The SMILES string of the molecule is Cc1nnc(NC(=O)c2ccccc2Sc2ccc3c(/C=C/c4ccccn4)n[nH]c3c2)nc1C. The Kier molecular flexibility index (Phi) is 6.32. The first kappa shape index (κ1) is 22.4. The Morgan fingerprint density at radius 2 is 1.83 bits per heavy atom. The van der Waals surface area contributed by atoms with E-state index in [1.165, 1.54) is 11.8 Å². The van der Waals surface area contributed by atoms with E-state index < -0.39 is 0 Å². The number of benzene rings is 2. The first-order valence-electron chi connectivity index (χ1n) is 10.9. The second-order valence-electron chi connectivity index (χ2n) is 7.76. The molecule has 3 aromatic heterocycles. The van der Waals surface area contributed by atoms with Gasteiger partial charge in [0.2, 0.25) is 5.95 Å². The smallest absolute Gasteiger partial charge is 0.259 e. The first-order chi connectivity index (χ1) is 17.1. The normalized spacial score (nSPS) is 11.3. The summed E-state index contributed by atoms with van der Waals surface area (Å²) in [5.74, 6) is -0.106. The van der Waals surface area contributed by atoms with Gasteiger partial charge in [-0.2, -0.15) is 10.2 Å². The molecule has 2 N–H and O–H groups in total. The number of nitrogens with one attached hydrogen (secondary N) is 2. The van der Waals surface area contributed by atoms with Crippen molar-refractivity contribution in [2.24, 2.45) is 0 Å². The van der Waals surface area contributed by atoms with Crippen molar-refractivity contribution in [2.75, 3.05) is 5.32 Å². The van der Waals surface area contributed by atoms with Gasteiger partial charge in [-0.1, -0.05) is 30.0 Å². The Bertz CT molecular complexity index is 1550. The lowest BCUT2D eigenvalue weighted by molar-refractivity contribution is 0.102. The Hall–Kier alpha value is -4.37. The van der Waals surface area contributed by atoms with Gasteiger partial charge < -0.3 is 0 Å². The van der Waals surface area contributed by atoms with Crippen LogP contribution in [0.3, 0.4) is 0 Å². The van der Waals surface area contributed by atoms with Crippen LogP contribution in [0.2, 0.25) is 0 Å². The number of rotatable bonds is 6. The molecule has 0 aliphatic heterocycles. The molecule has 5 rings (SSSR count). The molecule has 0 saturated heterocycles. The van der Waals surface area contributed by atoms with Gasteiger partial charge in [-0.25, -0.2) is 4.98 Å². The number of H-pyrrole nitrogens is 1. The van der Waals surface area contributed by atoms with E-state index in [9.17, 15) is 4.79 Å². The van der Waals surface area contributed by atoms with Crippen molar-refractivity contribution in [3.05, 3.63) is 95.2 Å². The van der Waals surface area contributed by atoms with Crippen molar-refractivity contribution >= 4 is 46.7 Å². The summed E-state index contributed by atoms with van der Waals surface area (Å²) in [4.78, 5) is 23.4. The van der Waals surface area contributed by atoms with Crippen molar-refractivity contribution in [3.63, 3.8) is 0 Å². The Balaban J connectivity index is 1.36. The standard InChI is InChI=1S/C26H21N7OS/c1-16-17(2)30-33-26(28-16)29-25(34)21-8-3-4-9-24(21)35-19-11-12-20-22(31-32-23(20)15-19)13-10-18-7-5-6-14-27-18/h3-15H,1-2H3,(H,31,32)(H,28,29,33,34)/b13-10+. The van der Waals surface area contributed by atoms with Crippen molar-refractivity contribution < 1.29 is 4.79 Å². The predicted octanol–water partition coefficient (Wildman–Crippen LogP) is 5.33. The molecule has 172 valence electrons. The average molecular weight is 480 g/mol. The van der Waals surface area contributed by atoms with Crippen LogP contribution < -0.4 is 5.32 Å². The lowest BCUT2D eigenvalue weighted by Crippen LogP contribution is -2.16. The highest BCUT2D eigenvalue weighted by atomic mass is 32.2. The molecular formula is C26H21N7OS. The summed E-state index contributed by atoms with van der Waals surface area (Å²) in [6.07, 6.45) is 5.63. The maximum absolute atomic E-state index is 13.0. The zero-order chi connectivity index (χ0) is 24.2. The van der Waals surface area contributed by atoms with Crippen molar-refractivity contribution in [3.8, 4) is 0 Å². The number of hydrogen-bond donors (Lipinski definition) is 2. The van der Waals surface area contributed by atoms with E-state index in [2.05, 4.69) is 35.7 Å². The molecule has 5 aromatic rings. The minimum atomic E-state index is -0.289. The third-order valence-electron chi connectivity index (χ3n) is 5.34. The molecule has 1 amide bonds.